The quantitative estimate of drug-likeness (QED) is 0.375. The number of nitrogens with zero attached hydrogens (tertiary/aromatic N) is 1. The number of benzene rings is 2. The molecule has 7 heteroatoms. The molecule has 0 atom stereocenters. The van der Waals surface area contributed by atoms with Crippen molar-refractivity contribution >= 4 is 29.9 Å². The van der Waals surface area contributed by atoms with Crippen LogP contribution in [0.5, 0.6) is 5.75 Å². The van der Waals surface area contributed by atoms with E-state index in [1.165, 1.54) is 6.07 Å². The largest absolute Gasteiger partial charge is 0.494 e. The Morgan fingerprint density at radius 1 is 1.08 bits per heavy atom. The number of aliphatic imine (C=N–C) groups is 1. The van der Waals surface area contributed by atoms with Gasteiger partial charge >= 0.3 is 0 Å². The van der Waals surface area contributed by atoms with Crippen LogP contribution in [-0.4, -0.2) is 19.6 Å². The molecular weight excluding hydrogens is 451 g/mol. The van der Waals surface area contributed by atoms with Gasteiger partial charge in [-0.2, -0.15) is 0 Å². The fraction of sp³-hybridized carbons (Fsp3) is 0.316. The Bertz CT molecular complexity index is 754. The molecule has 0 aliphatic heterocycles. The number of hydrogen-bond donors (Lipinski definition) is 2. The summed E-state index contributed by atoms with van der Waals surface area (Å²) in [7, 11) is 1.63. The van der Waals surface area contributed by atoms with Gasteiger partial charge in [0.2, 0.25) is 0 Å². The molecule has 0 aliphatic rings. The van der Waals surface area contributed by atoms with Gasteiger partial charge in [0, 0.05) is 25.7 Å². The van der Waals surface area contributed by atoms with Gasteiger partial charge in [0.1, 0.15) is 17.4 Å². The molecule has 0 bridgehead atoms. The molecule has 0 heterocycles. The second-order valence-electron chi connectivity index (χ2n) is 5.55. The van der Waals surface area contributed by atoms with Crippen LogP contribution in [0.25, 0.3) is 0 Å². The molecule has 2 rings (SSSR count). The number of ether oxygens (including phenoxy) is 1. The van der Waals surface area contributed by atoms with Crippen LogP contribution in [0, 0.1) is 18.6 Å². The molecule has 0 amide bonds. The maximum atomic E-state index is 13.6. The van der Waals surface area contributed by atoms with E-state index in [2.05, 4.69) is 15.6 Å². The zero-order valence-electron chi connectivity index (χ0n) is 15.1. The first-order chi connectivity index (χ1) is 12.0. The van der Waals surface area contributed by atoms with Crippen LogP contribution < -0.4 is 15.4 Å². The summed E-state index contributed by atoms with van der Waals surface area (Å²) < 4.78 is 32.4. The van der Waals surface area contributed by atoms with Gasteiger partial charge in [-0.1, -0.05) is 12.1 Å². The first-order valence-electron chi connectivity index (χ1n) is 8.14. The van der Waals surface area contributed by atoms with Crippen molar-refractivity contribution in [2.75, 3.05) is 13.7 Å². The number of halogens is 3. The van der Waals surface area contributed by atoms with E-state index in [0.717, 1.165) is 29.0 Å². The summed E-state index contributed by atoms with van der Waals surface area (Å²) in [6, 6.07) is 9.34. The monoisotopic (exact) mass is 475 g/mol. The van der Waals surface area contributed by atoms with Gasteiger partial charge in [-0.3, -0.25) is 4.99 Å². The smallest absolute Gasteiger partial charge is 0.191 e. The Hall–Kier alpha value is -1.90. The summed E-state index contributed by atoms with van der Waals surface area (Å²) >= 11 is 0. The Balaban J connectivity index is 0.00000338. The van der Waals surface area contributed by atoms with E-state index in [-0.39, 0.29) is 36.1 Å². The lowest BCUT2D eigenvalue weighted by atomic mass is 10.1. The zero-order valence-corrected chi connectivity index (χ0v) is 17.4. The van der Waals surface area contributed by atoms with E-state index >= 15 is 0 Å². The average Bonchev–Trinajstić information content (AvgIpc) is 2.60. The Morgan fingerprint density at radius 2 is 1.81 bits per heavy atom. The van der Waals surface area contributed by atoms with Crippen LogP contribution in [0.3, 0.4) is 0 Å². The molecule has 0 aliphatic carbocycles. The second kappa shape index (κ2) is 10.9. The first-order valence-corrected chi connectivity index (χ1v) is 8.14. The van der Waals surface area contributed by atoms with Crippen molar-refractivity contribution in [1.29, 1.82) is 0 Å². The van der Waals surface area contributed by atoms with Gasteiger partial charge in [-0.25, -0.2) is 8.78 Å². The van der Waals surface area contributed by atoms with Crippen molar-refractivity contribution in [3.05, 3.63) is 64.7 Å². The van der Waals surface area contributed by atoms with E-state index in [4.69, 9.17) is 4.74 Å². The highest BCUT2D eigenvalue weighted by Crippen LogP contribution is 2.19. The van der Waals surface area contributed by atoms with Crippen molar-refractivity contribution in [1.82, 2.24) is 10.6 Å². The number of hydrogen-bond acceptors (Lipinski definition) is 2. The van der Waals surface area contributed by atoms with Crippen molar-refractivity contribution in [2.45, 2.75) is 26.9 Å². The molecule has 0 fully saturated rings. The standard InChI is InChI=1S/C19H23F2N3O.HI/c1-4-25-18-8-5-14(9-13(18)2)11-23-19(22-3)24-12-15-10-16(20)6-7-17(15)21;/h5-10H,4,11-12H2,1-3H3,(H2,22,23,24);1H. The predicted octanol–water partition coefficient (Wildman–Crippen LogP) is 4.16. The van der Waals surface area contributed by atoms with Gasteiger partial charge < -0.3 is 15.4 Å². The summed E-state index contributed by atoms with van der Waals surface area (Å²) in [4.78, 5) is 4.09. The highest BCUT2D eigenvalue weighted by molar-refractivity contribution is 14.0. The third kappa shape index (κ3) is 6.44. The molecule has 0 aromatic heterocycles. The Morgan fingerprint density at radius 3 is 2.46 bits per heavy atom. The van der Waals surface area contributed by atoms with E-state index in [0.29, 0.717) is 19.1 Å². The van der Waals surface area contributed by atoms with Crippen LogP contribution in [0.2, 0.25) is 0 Å². The van der Waals surface area contributed by atoms with Crippen molar-refractivity contribution < 1.29 is 13.5 Å². The highest BCUT2D eigenvalue weighted by atomic mass is 127. The maximum absolute atomic E-state index is 13.6. The summed E-state index contributed by atoms with van der Waals surface area (Å²) in [5.74, 6) is 0.461. The average molecular weight is 475 g/mol. The lowest BCUT2D eigenvalue weighted by molar-refractivity contribution is 0.338. The van der Waals surface area contributed by atoms with Crippen molar-refractivity contribution in [2.24, 2.45) is 4.99 Å². The van der Waals surface area contributed by atoms with Crippen LogP contribution in [0.15, 0.2) is 41.4 Å². The number of aryl methyl sites for hydroxylation is 1. The van der Waals surface area contributed by atoms with E-state index in [1.54, 1.807) is 7.05 Å². The van der Waals surface area contributed by atoms with Gasteiger partial charge in [0.05, 0.1) is 6.61 Å². The van der Waals surface area contributed by atoms with E-state index in [9.17, 15) is 8.78 Å². The summed E-state index contributed by atoms with van der Waals surface area (Å²) in [5, 5.41) is 6.13. The lowest BCUT2D eigenvalue weighted by Crippen LogP contribution is -2.36. The molecule has 0 spiro atoms. The molecule has 2 N–H and O–H groups in total. The molecule has 0 unspecified atom stereocenters. The number of nitrogens with one attached hydrogen (secondary N) is 2. The minimum atomic E-state index is -0.467. The minimum absolute atomic E-state index is 0. The number of rotatable bonds is 6. The minimum Gasteiger partial charge on any atom is -0.494 e. The Labute approximate surface area is 170 Å². The van der Waals surface area contributed by atoms with Gasteiger partial charge in [0.15, 0.2) is 5.96 Å². The third-order valence-corrected chi connectivity index (χ3v) is 3.68. The molecule has 142 valence electrons. The molecule has 0 radical (unpaired) electrons. The van der Waals surface area contributed by atoms with Crippen LogP contribution >= 0.6 is 24.0 Å². The summed E-state index contributed by atoms with van der Waals surface area (Å²) in [6.45, 7) is 5.27. The summed E-state index contributed by atoms with van der Waals surface area (Å²) in [5.41, 5.74) is 2.38. The van der Waals surface area contributed by atoms with Crippen LogP contribution in [0.4, 0.5) is 8.78 Å². The molecule has 4 nitrogen and oxygen atoms in total. The van der Waals surface area contributed by atoms with Crippen molar-refractivity contribution in [3.8, 4) is 5.75 Å². The maximum Gasteiger partial charge on any atom is 0.191 e. The topological polar surface area (TPSA) is 45.6 Å². The first kappa shape index (κ1) is 22.1. The fourth-order valence-corrected chi connectivity index (χ4v) is 2.40. The SMILES string of the molecule is CCOc1ccc(CNC(=NC)NCc2cc(F)ccc2F)cc1C.I. The molecule has 2 aromatic carbocycles. The van der Waals surface area contributed by atoms with Gasteiger partial charge in [-0.15, -0.1) is 24.0 Å². The molecule has 2 aromatic rings. The number of guanidine groups is 1. The molecule has 0 saturated heterocycles. The molecular formula is C19H24F2IN3O. The van der Waals surface area contributed by atoms with E-state index < -0.39 is 11.6 Å². The zero-order chi connectivity index (χ0) is 18.2. The van der Waals surface area contributed by atoms with E-state index in [1.807, 2.05) is 32.0 Å². The third-order valence-electron chi connectivity index (χ3n) is 3.68. The predicted molar refractivity (Wildman–Crippen MR) is 111 cm³/mol. The van der Waals surface area contributed by atoms with Gasteiger partial charge in [-0.05, 0) is 49.2 Å². The Kier molecular flexibility index (Phi) is 9.32. The van der Waals surface area contributed by atoms with Crippen molar-refractivity contribution in [3.63, 3.8) is 0 Å². The summed E-state index contributed by atoms with van der Waals surface area (Å²) in [6.07, 6.45) is 0. The normalized spacial score (nSPS) is 10.9. The van der Waals surface area contributed by atoms with Gasteiger partial charge in [0.25, 0.3) is 0 Å². The highest BCUT2D eigenvalue weighted by Gasteiger charge is 2.06. The second-order valence-corrected chi connectivity index (χ2v) is 5.55. The van der Waals surface area contributed by atoms with Crippen LogP contribution in [0.1, 0.15) is 23.6 Å². The molecule has 26 heavy (non-hydrogen) atoms. The van der Waals surface area contributed by atoms with Crippen LogP contribution in [-0.2, 0) is 13.1 Å². The molecule has 0 saturated carbocycles. The fourth-order valence-electron chi connectivity index (χ4n) is 2.40. The lowest BCUT2D eigenvalue weighted by Gasteiger charge is -2.14.